The number of methoxy groups -OCH3 is 1. The SMILES string of the molecule is COC(=O)c1ccc2c(=O)n(-c3ccccc3)nnc2c1. The summed E-state index contributed by atoms with van der Waals surface area (Å²) >= 11 is 0. The molecule has 0 radical (unpaired) electrons. The van der Waals surface area contributed by atoms with Gasteiger partial charge in [0.2, 0.25) is 0 Å². The molecule has 0 N–H and O–H groups in total. The molecule has 0 spiro atoms. The van der Waals surface area contributed by atoms with Crippen molar-refractivity contribution in [1.29, 1.82) is 0 Å². The van der Waals surface area contributed by atoms with Crippen molar-refractivity contribution in [3.63, 3.8) is 0 Å². The predicted molar refractivity (Wildman–Crippen MR) is 76.5 cm³/mol. The highest BCUT2D eigenvalue weighted by atomic mass is 16.5. The molecule has 3 aromatic rings. The van der Waals surface area contributed by atoms with Crippen LogP contribution >= 0.6 is 0 Å². The summed E-state index contributed by atoms with van der Waals surface area (Å²) in [6, 6.07) is 13.6. The third kappa shape index (κ3) is 2.27. The Morgan fingerprint density at radius 3 is 2.62 bits per heavy atom. The number of rotatable bonds is 2. The molecular formula is C15H11N3O3. The number of hydrogen-bond donors (Lipinski definition) is 0. The fourth-order valence-electron chi connectivity index (χ4n) is 2.03. The van der Waals surface area contributed by atoms with Gasteiger partial charge in [0.05, 0.1) is 23.7 Å². The number of aromatic nitrogens is 3. The molecule has 6 nitrogen and oxygen atoms in total. The highest BCUT2D eigenvalue weighted by Crippen LogP contribution is 2.11. The van der Waals surface area contributed by atoms with Gasteiger partial charge in [-0.1, -0.05) is 23.4 Å². The Bertz CT molecular complexity index is 872. The van der Waals surface area contributed by atoms with Crippen LogP contribution < -0.4 is 5.56 Å². The fourth-order valence-corrected chi connectivity index (χ4v) is 2.03. The van der Waals surface area contributed by atoms with E-state index in [1.54, 1.807) is 18.2 Å². The van der Waals surface area contributed by atoms with Gasteiger partial charge in [-0.2, -0.15) is 4.68 Å². The third-order valence-electron chi connectivity index (χ3n) is 3.08. The van der Waals surface area contributed by atoms with E-state index in [4.69, 9.17) is 0 Å². The van der Waals surface area contributed by atoms with Crippen LogP contribution in [0.3, 0.4) is 0 Å². The van der Waals surface area contributed by atoms with E-state index in [1.807, 2.05) is 18.2 Å². The van der Waals surface area contributed by atoms with Gasteiger partial charge in [-0.05, 0) is 30.3 Å². The summed E-state index contributed by atoms with van der Waals surface area (Å²) in [7, 11) is 1.30. The standard InChI is InChI=1S/C15H11N3O3/c1-21-15(20)10-7-8-12-13(9-10)16-17-18(14(12)19)11-5-3-2-4-6-11/h2-9H,1H3. The monoisotopic (exact) mass is 281 g/mol. The average Bonchev–Trinajstić information content (AvgIpc) is 2.55. The number of carbonyl (C=O) groups excluding carboxylic acids is 1. The van der Waals surface area contributed by atoms with Crippen molar-refractivity contribution in [2.24, 2.45) is 0 Å². The molecule has 0 atom stereocenters. The van der Waals surface area contributed by atoms with Crippen molar-refractivity contribution in [2.45, 2.75) is 0 Å². The van der Waals surface area contributed by atoms with E-state index in [-0.39, 0.29) is 5.56 Å². The van der Waals surface area contributed by atoms with Crippen LogP contribution in [0.15, 0.2) is 53.3 Å². The highest BCUT2D eigenvalue weighted by Gasteiger charge is 2.11. The smallest absolute Gasteiger partial charge is 0.337 e. The second-order valence-electron chi connectivity index (χ2n) is 4.37. The lowest BCUT2D eigenvalue weighted by Crippen LogP contribution is -2.22. The van der Waals surface area contributed by atoms with E-state index in [2.05, 4.69) is 15.0 Å². The van der Waals surface area contributed by atoms with Crippen LogP contribution in [-0.2, 0) is 4.74 Å². The lowest BCUT2D eigenvalue weighted by molar-refractivity contribution is 0.0601. The minimum absolute atomic E-state index is 0.289. The van der Waals surface area contributed by atoms with Crippen molar-refractivity contribution in [3.8, 4) is 5.69 Å². The van der Waals surface area contributed by atoms with Gasteiger partial charge in [-0.3, -0.25) is 4.79 Å². The van der Waals surface area contributed by atoms with Crippen LogP contribution in [0.2, 0.25) is 0 Å². The zero-order valence-electron chi connectivity index (χ0n) is 11.2. The second kappa shape index (κ2) is 5.16. The highest BCUT2D eigenvalue weighted by molar-refractivity contribution is 5.93. The topological polar surface area (TPSA) is 74.1 Å². The van der Waals surface area contributed by atoms with E-state index in [9.17, 15) is 9.59 Å². The summed E-state index contributed by atoms with van der Waals surface area (Å²) in [5.74, 6) is -0.481. The van der Waals surface area contributed by atoms with Crippen molar-refractivity contribution in [1.82, 2.24) is 15.0 Å². The van der Waals surface area contributed by atoms with E-state index in [0.717, 1.165) is 0 Å². The molecule has 1 heterocycles. The molecule has 3 rings (SSSR count). The van der Waals surface area contributed by atoms with Gasteiger partial charge < -0.3 is 4.74 Å². The summed E-state index contributed by atoms with van der Waals surface area (Å²) in [5, 5.41) is 8.30. The molecule has 21 heavy (non-hydrogen) atoms. The molecule has 0 aliphatic carbocycles. The average molecular weight is 281 g/mol. The molecule has 6 heteroatoms. The molecule has 0 aliphatic rings. The largest absolute Gasteiger partial charge is 0.465 e. The Morgan fingerprint density at radius 1 is 1.14 bits per heavy atom. The van der Waals surface area contributed by atoms with Gasteiger partial charge in [-0.25, -0.2) is 4.79 Å². The summed E-state index contributed by atoms with van der Waals surface area (Å²) in [6.07, 6.45) is 0. The zero-order chi connectivity index (χ0) is 14.8. The van der Waals surface area contributed by atoms with Gasteiger partial charge in [0.1, 0.15) is 5.52 Å². The fraction of sp³-hybridized carbons (Fsp3) is 0.0667. The van der Waals surface area contributed by atoms with Crippen LogP contribution in [-0.4, -0.2) is 28.1 Å². The summed E-state index contributed by atoms with van der Waals surface area (Å²) in [5.41, 5.74) is 1.03. The number of ether oxygens (including phenoxy) is 1. The first-order valence-corrected chi connectivity index (χ1v) is 6.24. The third-order valence-corrected chi connectivity index (χ3v) is 3.08. The van der Waals surface area contributed by atoms with E-state index < -0.39 is 5.97 Å². The summed E-state index contributed by atoms with van der Waals surface area (Å²) in [4.78, 5) is 23.9. The number of hydrogen-bond acceptors (Lipinski definition) is 5. The van der Waals surface area contributed by atoms with Crippen LogP contribution in [0.5, 0.6) is 0 Å². The van der Waals surface area contributed by atoms with E-state index in [1.165, 1.54) is 23.9 Å². The maximum absolute atomic E-state index is 12.4. The Balaban J connectivity index is 2.19. The summed E-state index contributed by atoms with van der Waals surface area (Å²) in [6.45, 7) is 0. The molecule has 0 saturated carbocycles. The maximum atomic E-state index is 12.4. The van der Waals surface area contributed by atoms with Gasteiger partial charge in [0, 0.05) is 0 Å². The lowest BCUT2D eigenvalue weighted by atomic mass is 10.1. The predicted octanol–water partition coefficient (Wildman–Crippen LogP) is 1.57. The first-order valence-electron chi connectivity index (χ1n) is 6.24. The number of carbonyl (C=O) groups is 1. The van der Waals surface area contributed by atoms with Crippen LogP contribution in [0.4, 0.5) is 0 Å². The number of nitrogens with zero attached hydrogens (tertiary/aromatic N) is 3. The summed E-state index contributed by atoms with van der Waals surface area (Å²) < 4.78 is 5.86. The zero-order valence-corrected chi connectivity index (χ0v) is 11.2. The molecular weight excluding hydrogens is 270 g/mol. The van der Waals surface area contributed by atoms with Crippen molar-refractivity contribution in [2.75, 3.05) is 7.11 Å². The Morgan fingerprint density at radius 2 is 1.90 bits per heavy atom. The van der Waals surface area contributed by atoms with Crippen LogP contribution in [0.1, 0.15) is 10.4 Å². The number of para-hydroxylation sites is 1. The van der Waals surface area contributed by atoms with Gasteiger partial charge in [0.25, 0.3) is 5.56 Å². The first kappa shape index (κ1) is 13.0. The van der Waals surface area contributed by atoms with Gasteiger partial charge >= 0.3 is 5.97 Å². The number of fused-ring (bicyclic) bond motifs is 1. The molecule has 0 saturated heterocycles. The van der Waals surface area contributed by atoms with E-state index >= 15 is 0 Å². The number of benzene rings is 2. The maximum Gasteiger partial charge on any atom is 0.337 e. The molecule has 0 amide bonds. The van der Waals surface area contributed by atoms with E-state index in [0.29, 0.717) is 22.2 Å². The quantitative estimate of drug-likeness (QED) is 0.666. The van der Waals surface area contributed by atoms with Crippen molar-refractivity contribution >= 4 is 16.9 Å². The minimum atomic E-state index is -0.481. The molecule has 2 aromatic carbocycles. The first-order chi connectivity index (χ1) is 10.2. The van der Waals surface area contributed by atoms with Gasteiger partial charge in [0.15, 0.2) is 0 Å². The molecule has 0 aliphatic heterocycles. The normalized spacial score (nSPS) is 10.5. The molecule has 0 fully saturated rings. The van der Waals surface area contributed by atoms with Crippen molar-refractivity contribution in [3.05, 3.63) is 64.4 Å². The van der Waals surface area contributed by atoms with Crippen LogP contribution in [0.25, 0.3) is 16.6 Å². The Labute approximate surface area is 119 Å². The molecule has 0 bridgehead atoms. The van der Waals surface area contributed by atoms with Gasteiger partial charge in [-0.15, -0.1) is 5.10 Å². The van der Waals surface area contributed by atoms with Crippen LogP contribution in [0, 0.1) is 0 Å². The number of esters is 1. The lowest BCUT2D eigenvalue weighted by Gasteiger charge is -2.05. The Hall–Kier alpha value is -3.02. The minimum Gasteiger partial charge on any atom is -0.465 e. The molecule has 1 aromatic heterocycles. The molecule has 0 unspecified atom stereocenters. The molecule has 104 valence electrons. The van der Waals surface area contributed by atoms with Crippen molar-refractivity contribution < 1.29 is 9.53 Å². The Kier molecular flexibility index (Phi) is 3.19. The second-order valence-corrected chi connectivity index (χ2v) is 4.37.